The van der Waals surface area contributed by atoms with Crippen molar-refractivity contribution in [3.05, 3.63) is 109 Å². The van der Waals surface area contributed by atoms with E-state index in [1.54, 1.807) is 0 Å². The van der Waals surface area contributed by atoms with Gasteiger partial charge in [-0.3, -0.25) is 14.2 Å². The summed E-state index contributed by atoms with van der Waals surface area (Å²) < 4.78 is 34.4. The first-order valence-corrected chi connectivity index (χ1v) is 40.1. The fourth-order valence-corrected chi connectivity index (χ4v) is 11.7. The number of ether oxygens (including phenoxy) is 2. The maximum atomic E-state index is 12.9. The molecule has 0 rings (SSSR count). The summed E-state index contributed by atoms with van der Waals surface area (Å²) in [5, 5.41) is 0. The third-order valence-electron chi connectivity index (χ3n) is 16.8. The minimum absolute atomic E-state index is 0.0318. The van der Waals surface area contributed by atoms with Crippen LogP contribution < -0.4 is 4.89 Å². The van der Waals surface area contributed by atoms with Gasteiger partial charge >= 0.3 is 11.9 Å². The molecule has 0 bridgehead atoms. The summed E-state index contributed by atoms with van der Waals surface area (Å²) >= 11 is 0. The third kappa shape index (κ3) is 75.7. The summed E-state index contributed by atoms with van der Waals surface area (Å²) in [7, 11) is 1.17. The smallest absolute Gasteiger partial charge is 0.306 e. The summed E-state index contributed by atoms with van der Waals surface area (Å²) in [4.78, 5) is 38.1. The molecule has 0 radical (unpaired) electrons. The van der Waals surface area contributed by atoms with E-state index in [4.69, 9.17) is 18.5 Å². The van der Waals surface area contributed by atoms with Crippen LogP contribution in [0.15, 0.2) is 109 Å². The number of allylic oxidation sites excluding steroid dienone is 18. The van der Waals surface area contributed by atoms with Crippen LogP contribution in [0, 0.1) is 0 Å². The molecule has 0 saturated carbocycles. The Kier molecular flexibility index (Phi) is 69.3. The quantitative estimate of drug-likeness (QED) is 0.0195. The Morgan fingerprint density at radius 1 is 0.337 bits per heavy atom. The molecule has 0 aliphatic carbocycles. The molecule has 532 valence electrons. The molecule has 2 unspecified atom stereocenters. The van der Waals surface area contributed by atoms with Crippen LogP contribution in [0.5, 0.6) is 0 Å². The molecule has 0 aliphatic rings. The van der Waals surface area contributed by atoms with Gasteiger partial charge in [0.1, 0.15) is 19.8 Å². The average molecular weight is 1310 g/mol. The largest absolute Gasteiger partial charge is 0.756 e. The molecule has 0 saturated heterocycles. The molecule has 2 atom stereocenters. The number of phosphoric ester groups is 1. The van der Waals surface area contributed by atoms with E-state index >= 15 is 0 Å². The molecule has 0 N–H and O–H groups in total. The number of esters is 2. The Morgan fingerprint density at radius 2 is 0.587 bits per heavy atom. The molecule has 0 aromatic carbocycles. The van der Waals surface area contributed by atoms with Gasteiger partial charge in [0.15, 0.2) is 6.10 Å². The molecule has 0 aromatic rings. The molecule has 0 aliphatic heterocycles. The highest BCUT2D eigenvalue weighted by Crippen LogP contribution is 2.38. The third-order valence-corrected chi connectivity index (χ3v) is 17.8. The number of likely N-dealkylation sites (N-methyl/N-ethyl adjacent to an activating group) is 1. The van der Waals surface area contributed by atoms with Crippen molar-refractivity contribution in [2.24, 2.45) is 0 Å². The molecule has 0 heterocycles. The topological polar surface area (TPSA) is 111 Å². The van der Waals surface area contributed by atoms with Crippen molar-refractivity contribution in [3.63, 3.8) is 0 Å². The maximum Gasteiger partial charge on any atom is 0.306 e. The molecule has 10 heteroatoms. The summed E-state index contributed by atoms with van der Waals surface area (Å²) in [6, 6.07) is 0. The molecule has 0 amide bonds. The second-order valence-electron chi connectivity index (χ2n) is 27.0. The van der Waals surface area contributed by atoms with E-state index < -0.39 is 26.5 Å². The van der Waals surface area contributed by atoms with Gasteiger partial charge in [0.25, 0.3) is 7.82 Å². The molecule has 0 spiro atoms. The zero-order valence-electron chi connectivity index (χ0n) is 60.7. The van der Waals surface area contributed by atoms with Gasteiger partial charge in [-0.2, -0.15) is 0 Å². The van der Waals surface area contributed by atoms with Crippen LogP contribution in [-0.2, 0) is 32.7 Å². The average Bonchev–Trinajstić information content (AvgIpc) is 2.23. The van der Waals surface area contributed by atoms with Crippen molar-refractivity contribution in [1.29, 1.82) is 0 Å². The Morgan fingerprint density at radius 3 is 0.870 bits per heavy atom. The predicted octanol–water partition coefficient (Wildman–Crippen LogP) is 25.0. The summed E-state index contributed by atoms with van der Waals surface area (Å²) in [5.74, 6) is -0.821. The lowest BCUT2D eigenvalue weighted by atomic mass is 10.0. The van der Waals surface area contributed by atoms with E-state index in [1.165, 1.54) is 218 Å². The van der Waals surface area contributed by atoms with Crippen LogP contribution in [-0.4, -0.2) is 70.0 Å². The zero-order chi connectivity index (χ0) is 66.9. The van der Waals surface area contributed by atoms with Gasteiger partial charge in [-0.15, -0.1) is 0 Å². The Balaban J connectivity index is 3.93. The number of hydrogen-bond acceptors (Lipinski definition) is 8. The van der Waals surface area contributed by atoms with E-state index in [1.807, 2.05) is 21.1 Å². The number of unbranched alkanes of at least 4 members (excludes halogenated alkanes) is 39. The SMILES string of the molecule is CC/C=C\C/C=C\C/C=C\C/C=C\C/C=C\CCCCCCCCCCCCCCCCCCCCCCCCCCCC(=O)OC(COC(=O)CCCCCCCCCCCCCCCC/C=C\C/C=C\C/C=C\C/C=C\CC)COP(=O)([O-])OCC[N+](C)(C)C. The highest BCUT2D eigenvalue weighted by molar-refractivity contribution is 7.45. The van der Waals surface area contributed by atoms with E-state index in [0.717, 1.165) is 96.3 Å². The highest BCUT2D eigenvalue weighted by atomic mass is 31.2. The van der Waals surface area contributed by atoms with E-state index in [0.29, 0.717) is 17.4 Å². The van der Waals surface area contributed by atoms with Crippen LogP contribution in [0.1, 0.15) is 348 Å². The Hall–Kier alpha value is -3.33. The van der Waals surface area contributed by atoms with Gasteiger partial charge in [-0.1, -0.05) is 348 Å². The van der Waals surface area contributed by atoms with Crippen LogP contribution in [0.2, 0.25) is 0 Å². The molecule has 9 nitrogen and oxygen atoms in total. The maximum absolute atomic E-state index is 12.9. The number of carbonyl (C=O) groups excluding carboxylic acids is 2. The minimum Gasteiger partial charge on any atom is -0.756 e. The number of rotatable bonds is 71. The van der Waals surface area contributed by atoms with Gasteiger partial charge in [-0.25, -0.2) is 0 Å². The van der Waals surface area contributed by atoms with Gasteiger partial charge in [0, 0.05) is 12.8 Å². The number of carbonyl (C=O) groups is 2. The first-order valence-electron chi connectivity index (χ1n) is 38.6. The summed E-state index contributed by atoms with van der Waals surface area (Å²) in [5.41, 5.74) is 0. The van der Waals surface area contributed by atoms with Gasteiger partial charge in [-0.05, 0) is 96.3 Å². The van der Waals surface area contributed by atoms with Crippen LogP contribution in [0.4, 0.5) is 0 Å². The second-order valence-corrected chi connectivity index (χ2v) is 28.4. The first kappa shape index (κ1) is 88.7. The lowest BCUT2D eigenvalue weighted by Crippen LogP contribution is -2.37. The van der Waals surface area contributed by atoms with Crippen molar-refractivity contribution >= 4 is 19.8 Å². The molecule has 0 aromatic heterocycles. The van der Waals surface area contributed by atoms with E-state index in [9.17, 15) is 19.0 Å². The van der Waals surface area contributed by atoms with E-state index in [2.05, 4.69) is 123 Å². The van der Waals surface area contributed by atoms with Crippen LogP contribution in [0.25, 0.3) is 0 Å². The predicted molar refractivity (Wildman–Crippen MR) is 397 cm³/mol. The monoisotopic (exact) mass is 1300 g/mol. The van der Waals surface area contributed by atoms with Gasteiger partial charge < -0.3 is 27.9 Å². The van der Waals surface area contributed by atoms with Crippen molar-refractivity contribution < 1.29 is 42.1 Å². The fourth-order valence-electron chi connectivity index (χ4n) is 11.0. The molecule has 92 heavy (non-hydrogen) atoms. The van der Waals surface area contributed by atoms with Crippen molar-refractivity contribution in [2.75, 3.05) is 47.5 Å². The number of hydrogen-bond donors (Lipinski definition) is 0. The van der Waals surface area contributed by atoms with Crippen molar-refractivity contribution in [3.8, 4) is 0 Å². The minimum atomic E-state index is -4.65. The lowest BCUT2D eigenvalue weighted by Gasteiger charge is -2.28. The summed E-state index contributed by atoms with van der Waals surface area (Å²) in [6.07, 6.45) is 102. The van der Waals surface area contributed by atoms with Crippen molar-refractivity contribution in [2.45, 2.75) is 354 Å². The van der Waals surface area contributed by atoms with Crippen LogP contribution in [0.3, 0.4) is 0 Å². The number of phosphoric acid groups is 1. The Bertz CT molecular complexity index is 1920. The lowest BCUT2D eigenvalue weighted by molar-refractivity contribution is -0.870. The molecule has 0 fully saturated rings. The molecular weight excluding hydrogens is 1160 g/mol. The van der Waals surface area contributed by atoms with E-state index in [-0.39, 0.29) is 32.0 Å². The van der Waals surface area contributed by atoms with Gasteiger partial charge in [0.05, 0.1) is 27.7 Å². The zero-order valence-corrected chi connectivity index (χ0v) is 61.6. The Labute approximate surface area is 569 Å². The van der Waals surface area contributed by atoms with Crippen LogP contribution >= 0.6 is 7.82 Å². The normalized spacial score (nSPS) is 13.7. The van der Waals surface area contributed by atoms with Crippen molar-refractivity contribution in [1.82, 2.24) is 0 Å². The fraction of sp³-hybridized carbons (Fsp3) is 0.756. The second kappa shape index (κ2) is 72.0. The number of quaternary nitrogens is 1. The highest BCUT2D eigenvalue weighted by Gasteiger charge is 2.22. The van der Waals surface area contributed by atoms with Gasteiger partial charge in [0.2, 0.25) is 0 Å². The summed E-state index contributed by atoms with van der Waals surface area (Å²) in [6.45, 7) is 4.06. The number of nitrogens with zero attached hydrogens (tertiary/aromatic N) is 1. The molecular formula is C82H146NO8P. The first-order chi connectivity index (χ1) is 45.0. The standard InChI is InChI=1S/C82H146NO8P/c1-6-8-10-12-14-16-18-20-22-24-26-28-30-32-34-35-36-37-38-39-40-41-42-43-44-45-46-47-49-51-53-55-57-59-61-63-65-67-69-71-73-75-82(85)91-80(79-90-92(86,87)89-77-76-83(3,4)5)78-88-81(84)74-72-70-68-66-64-62-60-58-56-54-52-50-48-33-31-29-27-25-23-21-19-17-15-13-11-9-7-2/h8-11,14-17,20-23,26-29,32,34,80H,6-7,12-13,18-19,24-25,30-31,33,35-79H2,1-5H3/b10-8-,11-9-,16-14-,17-15-,22-20-,23-21-,28-26-,29-27-,34-32-.